The SMILES string of the molecule is CCOc1ccc(C)cc1C(C)NC(=O)/C(C#N)=C\NC(C)(C)CO. The number of rotatable bonds is 8. The lowest BCUT2D eigenvalue weighted by Crippen LogP contribution is -2.40. The Labute approximate surface area is 149 Å². The molecule has 1 aromatic carbocycles. The number of carbonyl (C=O) groups excluding carboxylic acids is 1. The van der Waals surface area contributed by atoms with Gasteiger partial charge in [-0.1, -0.05) is 17.7 Å². The molecule has 1 aromatic rings. The Bertz CT molecular complexity index is 675. The number of hydrogen-bond acceptors (Lipinski definition) is 5. The van der Waals surface area contributed by atoms with Gasteiger partial charge in [-0.05, 0) is 40.7 Å². The molecule has 0 saturated heterocycles. The summed E-state index contributed by atoms with van der Waals surface area (Å²) in [6.45, 7) is 9.64. The van der Waals surface area contributed by atoms with E-state index in [4.69, 9.17) is 4.74 Å². The van der Waals surface area contributed by atoms with E-state index in [0.717, 1.165) is 11.1 Å². The van der Waals surface area contributed by atoms with Gasteiger partial charge in [0.1, 0.15) is 17.4 Å². The van der Waals surface area contributed by atoms with Gasteiger partial charge in [0.05, 0.1) is 24.8 Å². The molecule has 1 rings (SSSR count). The van der Waals surface area contributed by atoms with Gasteiger partial charge in [-0.25, -0.2) is 0 Å². The first kappa shape index (κ1) is 20.5. The molecule has 0 fully saturated rings. The highest BCUT2D eigenvalue weighted by molar-refractivity contribution is 5.97. The maximum Gasteiger partial charge on any atom is 0.263 e. The number of carbonyl (C=O) groups is 1. The van der Waals surface area contributed by atoms with Crippen molar-refractivity contribution < 1.29 is 14.6 Å². The van der Waals surface area contributed by atoms with Crippen LogP contribution in [0.4, 0.5) is 0 Å². The molecule has 0 aliphatic heterocycles. The van der Waals surface area contributed by atoms with Gasteiger partial charge in [0.25, 0.3) is 5.91 Å². The number of aliphatic hydroxyl groups is 1. The minimum absolute atomic E-state index is 0.0565. The summed E-state index contributed by atoms with van der Waals surface area (Å²) in [6.07, 6.45) is 1.33. The quantitative estimate of drug-likeness (QED) is 0.497. The highest BCUT2D eigenvalue weighted by Gasteiger charge is 2.19. The number of aliphatic hydroxyl groups excluding tert-OH is 1. The number of hydrogen-bond donors (Lipinski definition) is 3. The number of benzene rings is 1. The average molecular weight is 345 g/mol. The zero-order chi connectivity index (χ0) is 19.0. The number of nitriles is 1. The fourth-order valence-electron chi connectivity index (χ4n) is 2.11. The Hall–Kier alpha value is -2.52. The van der Waals surface area contributed by atoms with Crippen molar-refractivity contribution in [2.45, 2.75) is 46.2 Å². The van der Waals surface area contributed by atoms with Gasteiger partial charge < -0.3 is 20.5 Å². The molecule has 3 N–H and O–H groups in total. The van der Waals surface area contributed by atoms with Crippen molar-refractivity contribution in [2.24, 2.45) is 0 Å². The van der Waals surface area contributed by atoms with E-state index in [1.807, 2.05) is 45.0 Å². The second kappa shape index (κ2) is 9.09. The van der Waals surface area contributed by atoms with Gasteiger partial charge in [0, 0.05) is 11.8 Å². The van der Waals surface area contributed by atoms with Crippen molar-refractivity contribution in [3.05, 3.63) is 41.1 Å². The van der Waals surface area contributed by atoms with E-state index >= 15 is 0 Å². The molecule has 0 heterocycles. The first-order valence-corrected chi connectivity index (χ1v) is 8.27. The number of nitrogens with zero attached hydrogens (tertiary/aromatic N) is 1. The van der Waals surface area contributed by atoms with Crippen LogP contribution in [0.3, 0.4) is 0 Å². The largest absolute Gasteiger partial charge is 0.494 e. The van der Waals surface area contributed by atoms with E-state index in [1.54, 1.807) is 13.8 Å². The molecule has 0 aliphatic carbocycles. The van der Waals surface area contributed by atoms with Crippen molar-refractivity contribution >= 4 is 5.91 Å². The number of ether oxygens (including phenoxy) is 1. The third kappa shape index (κ3) is 6.12. The summed E-state index contributed by atoms with van der Waals surface area (Å²) in [5.41, 5.74) is 1.24. The molecule has 0 radical (unpaired) electrons. The summed E-state index contributed by atoms with van der Waals surface area (Å²) in [6, 6.07) is 7.34. The van der Waals surface area contributed by atoms with Crippen LogP contribution >= 0.6 is 0 Å². The average Bonchev–Trinajstić information content (AvgIpc) is 2.57. The Morgan fingerprint density at radius 1 is 1.48 bits per heavy atom. The summed E-state index contributed by atoms with van der Waals surface area (Å²) in [7, 11) is 0. The Morgan fingerprint density at radius 2 is 2.16 bits per heavy atom. The lowest BCUT2D eigenvalue weighted by atomic mass is 10.0. The minimum atomic E-state index is -0.618. The van der Waals surface area contributed by atoms with Crippen LogP contribution in [0.1, 0.15) is 44.9 Å². The molecule has 0 saturated carbocycles. The van der Waals surface area contributed by atoms with E-state index in [-0.39, 0.29) is 18.2 Å². The Morgan fingerprint density at radius 3 is 2.72 bits per heavy atom. The molecule has 25 heavy (non-hydrogen) atoms. The summed E-state index contributed by atoms with van der Waals surface area (Å²) in [5.74, 6) is 0.225. The monoisotopic (exact) mass is 345 g/mol. The second-order valence-corrected chi connectivity index (χ2v) is 6.53. The molecule has 0 spiro atoms. The first-order chi connectivity index (χ1) is 11.7. The molecule has 0 bridgehead atoms. The number of amides is 1. The number of nitrogens with one attached hydrogen (secondary N) is 2. The van der Waals surface area contributed by atoms with Gasteiger partial charge in [-0.15, -0.1) is 0 Å². The molecular formula is C19H27N3O3. The summed E-state index contributed by atoms with van der Waals surface area (Å²) in [5, 5.41) is 24.1. The normalized spacial score (nSPS) is 12.9. The molecule has 0 aromatic heterocycles. The smallest absolute Gasteiger partial charge is 0.263 e. The van der Waals surface area contributed by atoms with Crippen LogP contribution in [-0.2, 0) is 4.79 Å². The van der Waals surface area contributed by atoms with Crippen molar-refractivity contribution in [3.63, 3.8) is 0 Å². The molecule has 136 valence electrons. The van der Waals surface area contributed by atoms with Crippen LogP contribution in [0, 0.1) is 18.3 Å². The number of aryl methyl sites for hydroxylation is 1. The van der Waals surface area contributed by atoms with Gasteiger partial charge in [-0.2, -0.15) is 5.26 Å². The predicted molar refractivity (Wildman–Crippen MR) is 96.9 cm³/mol. The second-order valence-electron chi connectivity index (χ2n) is 6.53. The molecule has 1 unspecified atom stereocenters. The third-order valence-electron chi connectivity index (χ3n) is 3.65. The molecule has 6 nitrogen and oxygen atoms in total. The third-order valence-corrected chi connectivity index (χ3v) is 3.65. The Kier molecular flexibility index (Phi) is 7.46. The summed E-state index contributed by atoms with van der Waals surface area (Å²) < 4.78 is 5.62. The van der Waals surface area contributed by atoms with Gasteiger partial charge >= 0.3 is 0 Å². The van der Waals surface area contributed by atoms with Crippen molar-refractivity contribution in [2.75, 3.05) is 13.2 Å². The van der Waals surface area contributed by atoms with E-state index in [1.165, 1.54) is 6.20 Å². The zero-order valence-corrected chi connectivity index (χ0v) is 15.5. The van der Waals surface area contributed by atoms with Gasteiger partial charge in [0.15, 0.2) is 0 Å². The van der Waals surface area contributed by atoms with E-state index in [9.17, 15) is 15.2 Å². The van der Waals surface area contributed by atoms with Crippen LogP contribution in [0.25, 0.3) is 0 Å². The lowest BCUT2D eigenvalue weighted by molar-refractivity contribution is -0.117. The fraction of sp³-hybridized carbons (Fsp3) is 0.474. The van der Waals surface area contributed by atoms with Gasteiger partial charge in [-0.3, -0.25) is 4.79 Å². The molecule has 1 atom stereocenters. The standard InChI is InChI=1S/C19H27N3O3/c1-6-25-17-8-7-13(2)9-16(17)14(3)22-18(24)15(10-20)11-21-19(4,5)12-23/h7-9,11,14,21,23H,6,12H2,1-5H3,(H,22,24)/b15-11-. The minimum Gasteiger partial charge on any atom is -0.494 e. The molecule has 1 amide bonds. The van der Waals surface area contributed by atoms with E-state index in [2.05, 4.69) is 10.6 Å². The Balaban J connectivity index is 2.93. The van der Waals surface area contributed by atoms with E-state index < -0.39 is 11.4 Å². The van der Waals surface area contributed by atoms with Gasteiger partial charge in [0.2, 0.25) is 0 Å². The topological polar surface area (TPSA) is 94.4 Å². The summed E-state index contributed by atoms with van der Waals surface area (Å²) in [4.78, 5) is 12.4. The van der Waals surface area contributed by atoms with E-state index in [0.29, 0.717) is 12.4 Å². The van der Waals surface area contributed by atoms with Crippen LogP contribution in [0.5, 0.6) is 5.75 Å². The first-order valence-electron chi connectivity index (χ1n) is 8.27. The zero-order valence-electron chi connectivity index (χ0n) is 15.5. The van der Waals surface area contributed by atoms with Crippen molar-refractivity contribution in [1.82, 2.24) is 10.6 Å². The lowest BCUT2D eigenvalue weighted by Gasteiger charge is -2.22. The van der Waals surface area contributed by atoms with Crippen LogP contribution < -0.4 is 15.4 Å². The fourth-order valence-corrected chi connectivity index (χ4v) is 2.11. The maximum absolute atomic E-state index is 12.4. The van der Waals surface area contributed by atoms with Crippen LogP contribution in [-0.4, -0.2) is 29.8 Å². The molecule has 0 aliphatic rings. The highest BCUT2D eigenvalue weighted by Crippen LogP contribution is 2.26. The molecule has 6 heteroatoms. The van der Waals surface area contributed by atoms with Crippen LogP contribution in [0.15, 0.2) is 30.0 Å². The van der Waals surface area contributed by atoms with Crippen molar-refractivity contribution in [3.8, 4) is 11.8 Å². The van der Waals surface area contributed by atoms with Crippen molar-refractivity contribution in [1.29, 1.82) is 5.26 Å². The summed E-state index contributed by atoms with van der Waals surface area (Å²) >= 11 is 0. The highest BCUT2D eigenvalue weighted by atomic mass is 16.5. The maximum atomic E-state index is 12.4. The van der Waals surface area contributed by atoms with Crippen LogP contribution in [0.2, 0.25) is 0 Å². The molecular weight excluding hydrogens is 318 g/mol. The predicted octanol–water partition coefficient (Wildman–Crippen LogP) is 2.34.